The van der Waals surface area contributed by atoms with Crippen molar-refractivity contribution in [2.45, 2.75) is 18.1 Å². The minimum absolute atomic E-state index is 0.126. The van der Waals surface area contributed by atoms with Crippen molar-refractivity contribution >= 4 is 38.7 Å². The van der Waals surface area contributed by atoms with E-state index < -0.39 is 0 Å². The largest absolute Gasteiger partial charge is 0.293 e. The molecule has 0 aliphatic rings. The SMILES string of the molecule is BCC(=O)c1ncc(B)cc1SCC. The van der Waals surface area contributed by atoms with Crippen LogP contribution in [0.1, 0.15) is 17.4 Å². The molecule has 0 fully saturated rings. The second-order valence-corrected chi connectivity index (χ2v) is 4.38. The van der Waals surface area contributed by atoms with Gasteiger partial charge in [-0.15, -0.1) is 11.8 Å². The Morgan fingerprint density at radius 1 is 1.64 bits per heavy atom. The maximum atomic E-state index is 11.5. The van der Waals surface area contributed by atoms with Crippen LogP contribution < -0.4 is 5.46 Å². The molecule has 0 bridgehead atoms. The Morgan fingerprint density at radius 3 is 2.93 bits per heavy atom. The van der Waals surface area contributed by atoms with Crippen LogP contribution in [0.4, 0.5) is 0 Å². The zero-order chi connectivity index (χ0) is 10.6. The van der Waals surface area contributed by atoms with Crippen LogP contribution in [0, 0.1) is 0 Å². The van der Waals surface area contributed by atoms with Crippen LogP contribution in [-0.2, 0) is 0 Å². The molecule has 0 saturated heterocycles. The number of carbonyl (C=O) groups excluding carboxylic acids is 1. The molecule has 1 heterocycles. The summed E-state index contributed by atoms with van der Waals surface area (Å²) in [5, 5.41) is 0. The van der Waals surface area contributed by atoms with Crippen LogP contribution in [0.25, 0.3) is 0 Å². The molecule has 14 heavy (non-hydrogen) atoms. The second kappa shape index (κ2) is 5.25. The summed E-state index contributed by atoms with van der Waals surface area (Å²) in [5.41, 5.74) is 1.73. The molecule has 2 nitrogen and oxygen atoms in total. The highest BCUT2D eigenvalue weighted by atomic mass is 32.2. The van der Waals surface area contributed by atoms with E-state index in [1.807, 2.05) is 21.8 Å². The first-order chi connectivity index (χ1) is 6.69. The fourth-order valence-electron chi connectivity index (χ4n) is 1.18. The molecule has 0 saturated carbocycles. The third kappa shape index (κ3) is 2.64. The van der Waals surface area contributed by atoms with Crippen LogP contribution in [0.3, 0.4) is 0 Å². The van der Waals surface area contributed by atoms with Gasteiger partial charge in [0.2, 0.25) is 0 Å². The molecular weight excluding hydrogens is 192 g/mol. The zero-order valence-corrected chi connectivity index (χ0v) is 9.65. The van der Waals surface area contributed by atoms with E-state index >= 15 is 0 Å². The summed E-state index contributed by atoms with van der Waals surface area (Å²) in [6.07, 6.45) is 2.27. The fourth-order valence-corrected chi connectivity index (χ4v) is 2.07. The van der Waals surface area contributed by atoms with Gasteiger partial charge in [-0.2, -0.15) is 0 Å². The summed E-state index contributed by atoms with van der Waals surface area (Å²) in [5.74, 6) is 1.09. The molecule has 0 amide bonds. The molecule has 1 aromatic rings. The molecular formula is C9H13B2NOS. The summed E-state index contributed by atoms with van der Waals surface area (Å²) in [6.45, 7) is 2.08. The minimum Gasteiger partial charge on any atom is -0.293 e. The van der Waals surface area contributed by atoms with E-state index in [4.69, 9.17) is 0 Å². The highest BCUT2D eigenvalue weighted by Crippen LogP contribution is 2.20. The summed E-state index contributed by atoms with van der Waals surface area (Å²) in [6, 6.07) is 2.03. The summed E-state index contributed by atoms with van der Waals surface area (Å²) in [7, 11) is 3.86. The van der Waals surface area contributed by atoms with Crippen molar-refractivity contribution < 1.29 is 4.79 Å². The lowest BCUT2D eigenvalue weighted by Crippen LogP contribution is -2.10. The molecule has 0 radical (unpaired) electrons. The van der Waals surface area contributed by atoms with Crippen molar-refractivity contribution in [3.05, 3.63) is 18.0 Å². The molecule has 1 aromatic heterocycles. The van der Waals surface area contributed by atoms with E-state index in [0.29, 0.717) is 12.0 Å². The number of nitrogens with zero attached hydrogens (tertiary/aromatic N) is 1. The minimum atomic E-state index is 0.126. The lowest BCUT2D eigenvalue weighted by molar-refractivity contribution is 0.101. The van der Waals surface area contributed by atoms with Gasteiger partial charge in [-0.25, -0.2) is 0 Å². The predicted octanol–water partition coefficient (Wildman–Crippen LogP) is -0.314. The van der Waals surface area contributed by atoms with Crippen molar-refractivity contribution in [2.75, 3.05) is 5.75 Å². The number of Topliss-reactive ketones (excluding diaryl/α,β-unsaturated/α-hetero) is 1. The van der Waals surface area contributed by atoms with Crippen LogP contribution in [0.5, 0.6) is 0 Å². The van der Waals surface area contributed by atoms with E-state index in [9.17, 15) is 4.79 Å². The maximum Gasteiger partial charge on any atom is 0.174 e. The molecule has 0 atom stereocenters. The van der Waals surface area contributed by atoms with Gasteiger partial charge in [0.15, 0.2) is 5.78 Å². The number of hydrogen-bond acceptors (Lipinski definition) is 3. The number of ketones is 1. The predicted molar refractivity (Wildman–Crippen MR) is 66.5 cm³/mol. The van der Waals surface area contributed by atoms with Gasteiger partial charge in [0.05, 0.1) is 0 Å². The Labute approximate surface area is 90.7 Å². The lowest BCUT2D eigenvalue weighted by Gasteiger charge is -2.06. The normalized spacial score (nSPS) is 10.1. The summed E-state index contributed by atoms with van der Waals surface area (Å²) in [4.78, 5) is 16.8. The Balaban J connectivity index is 3.07. The molecule has 5 heteroatoms. The summed E-state index contributed by atoms with van der Waals surface area (Å²) < 4.78 is 0. The average Bonchev–Trinajstić information content (AvgIpc) is 2.17. The molecule has 72 valence electrons. The molecule has 0 N–H and O–H groups in total. The molecule has 0 unspecified atom stereocenters. The van der Waals surface area contributed by atoms with E-state index in [1.165, 1.54) is 0 Å². The van der Waals surface area contributed by atoms with E-state index in [0.717, 1.165) is 16.1 Å². The highest BCUT2D eigenvalue weighted by molar-refractivity contribution is 7.99. The average molecular weight is 205 g/mol. The molecule has 1 rings (SSSR count). The fraction of sp³-hybridized carbons (Fsp3) is 0.333. The van der Waals surface area contributed by atoms with E-state index in [1.54, 1.807) is 18.0 Å². The maximum absolute atomic E-state index is 11.5. The number of rotatable bonds is 4. The monoisotopic (exact) mass is 205 g/mol. The van der Waals surface area contributed by atoms with Crippen molar-refractivity contribution in [1.29, 1.82) is 0 Å². The third-order valence-electron chi connectivity index (χ3n) is 1.87. The van der Waals surface area contributed by atoms with Gasteiger partial charge in [-0.05, 0) is 12.1 Å². The number of aromatic nitrogens is 1. The molecule has 0 aliphatic carbocycles. The Morgan fingerprint density at radius 2 is 2.36 bits per heavy atom. The van der Waals surface area contributed by atoms with Crippen LogP contribution in [0.15, 0.2) is 17.2 Å². The van der Waals surface area contributed by atoms with E-state index in [-0.39, 0.29) is 5.78 Å². The van der Waals surface area contributed by atoms with Crippen molar-refractivity contribution in [3.63, 3.8) is 0 Å². The second-order valence-electron chi connectivity index (χ2n) is 3.07. The summed E-state index contributed by atoms with van der Waals surface area (Å²) >= 11 is 1.68. The van der Waals surface area contributed by atoms with E-state index in [2.05, 4.69) is 11.9 Å². The number of thioether (sulfide) groups is 1. The lowest BCUT2D eigenvalue weighted by atomic mass is 9.95. The van der Waals surface area contributed by atoms with Crippen molar-refractivity contribution in [1.82, 2.24) is 4.98 Å². The van der Waals surface area contributed by atoms with Gasteiger partial charge in [0, 0.05) is 11.1 Å². The van der Waals surface area contributed by atoms with Crippen LogP contribution >= 0.6 is 11.8 Å². The number of carbonyl (C=O) groups is 1. The van der Waals surface area contributed by atoms with Gasteiger partial charge in [-0.1, -0.05) is 18.5 Å². The topological polar surface area (TPSA) is 30.0 Å². The molecule has 0 spiro atoms. The highest BCUT2D eigenvalue weighted by Gasteiger charge is 2.10. The van der Waals surface area contributed by atoms with Gasteiger partial charge in [0.1, 0.15) is 21.4 Å². The Bertz CT molecular complexity index is 344. The smallest absolute Gasteiger partial charge is 0.174 e. The first kappa shape index (κ1) is 11.4. The van der Waals surface area contributed by atoms with Gasteiger partial charge < -0.3 is 0 Å². The van der Waals surface area contributed by atoms with Crippen LogP contribution in [-0.4, -0.2) is 32.2 Å². The molecule has 0 aromatic carbocycles. The zero-order valence-electron chi connectivity index (χ0n) is 8.83. The Hall–Kier alpha value is -0.700. The van der Waals surface area contributed by atoms with Gasteiger partial charge in [0.25, 0.3) is 0 Å². The van der Waals surface area contributed by atoms with Gasteiger partial charge in [-0.3, -0.25) is 9.78 Å². The first-order valence-corrected chi connectivity index (χ1v) is 5.80. The third-order valence-corrected chi connectivity index (χ3v) is 2.79. The first-order valence-electron chi connectivity index (χ1n) is 4.81. The van der Waals surface area contributed by atoms with Crippen molar-refractivity contribution in [2.24, 2.45) is 0 Å². The standard InChI is InChI=1S/C9H13B2NOS/c1-2-14-8-3-6(11)5-12-9(8)7(13)4-10/h3,5H,2,4,10-11H2,1H3. The number of pyridine rings is 1. The molecule has 0 aliphatic heterocycles. The van der Waals surface area contributed by atoms with Crippen molar-refractivity contribution in [3.8, 4) is 0 Å². The Kier molecular flexibility index (Phi) is 4.26. The van der Waals surface area contributed by atoms with Crippen LogP contribution in [0.2, 0.25) is 6.32 Å². The van der Waals surface area contributed by atoms with Gasteiger partial charge >= 0.3 is 0 Å². The quantitative estimate of drug-likeness (QED) is 0.383. The number of hydrogen-bond donors (Lipinski definition) is 0.